The minimum absolute atomic E-state index is 0.0598. The maximum Gasteiger partial charge on any atom is 0.343 e. The van der Waals surface area contributed by atoms with E-state index in [0.717, 1.165) is 0 Å². The second-order valence-electron chi connectivity index (χ2n) is 5.86. The van der Waals surface area contributed by atoms with Crippen LogP contribution in [0.2, 0.25) is 0 Å². The maximum atomic E-state index is 12.4. The smallest absolute Gasteiger partial charge is 0.343 e. The van der Waals surface area contributed by atoms with E-state index in [0.29, 0.717) is 0 Å². The lowest BCUT2D eigenvalue weighted by Gasteiger charge is -2.14. The van der Waals surface area contributed by atoms with E-state index in [9.17, 15) is 19.5 Å². The molecule has 0 aliphatic rings. The molecule has 0 saturated carbocycles. The summed E-state index contributed by atoms with van der Waals surface area (Å²) in [7, 11) is 0. The number of ether oxygens (including phenoxy) is 2. The molecule has 6 heteroatoms. The fraction of sp³-hybridized carbons (Fsp3) is 0.0455. The Morgan fingerprint density at radius 1 is 0.714 bits per heavy atom. The number of hydrogen-bond donors (Lipinski definition) is 1. The van der Waals surface area contributed by atoms with Gasteiger partial charge in [-0.1, -0.05) is 36.4 Å². The van der Waals surface area contributed by atoms with E-state index in [1.807, 2.05) is 0 Å². The Morgan fingerprint density at radius 3 is 1.71 bits per heavy atom. The lowest BCUT2D eigenvalue weighted by atomic mass is 10.1. The van der Waals surface area contributed by atoms with Gasteiger partial charge in [-0.2, -0.15) is 0 Å². The second kappa shape index (κ2) is 8.18. The molecule has 28 heavy (non-hydrogen) atoms. The van der Waals surface area contributed by atoms with E-state index in [1.165, 1.54) is 31.2 Å². The van der Waals surface area contributed by atoms with Gasteiger partial charge >= 0.3 is 11.9 Å². The van der Waals surface area contributed by atoms with Crippen molar-refractivity contribution in [1.82, 2.24) is 0 Å². The summed E-state index contributed by atoms with van der Waals surface area (Å²) in [5.41, 5.74) is 0.448. The third-order valence-corrected chi connectivity index (χ3v) is 3.89. The zero-order valence-electron chi connectivity index (χ0n) is 14.9. The minimum Gasteiger partial charge on any atom is -0.504 e. The number of phenols is 1. The Labute approximate surface area is 161 Å². The van der Waals surface area contributed by atoms with E-state index in [1.54, 1.807) is 48.5 Å². The van der Waals surface area contributed by atoms with Gasteiger partial charge in [0.25, 0.3) is 0 Å². The molecule has 0 aliphatic carbocycles. The number of carbonyl (C=O) groups is 3. The van der Waals surface area contributed by atoms with Crippen molar-refractivity contribution in [3.8, 4) is 17.2 Å². The van der Waals surface area contributed by atoms with Crippen LogP contribution in [0.25, 0.3) is 0 Å². The molecule has 0 unspecified atom stereocenters. The quantitative estimate of drug-likeness (QED) is 0.411. The number of esters is 2. The highest BCUT2D eigenvalue weighted by molar-refractivity contribution is 5.99. The molecule has 0 spiro atoms. The molecule has 0 atom stereocenters. The van der Waals surface area contributed by atoms with Gasteiger partial charge < -0.3 is 14.6 Å². The number of ketones is 1. The Kier molecular flexibility index (Phi) is 5.50. The fourth-order valence-corrected chi connectivity index (χ4v) is 2.47. The molecule has 0 heterocycles. The highest BCUT2D eigenvalue weighted by Crippen LogP contribution is 2.40. The molecular formula is C22H16O6. The van der Waals surface area contributed by atoms with Gasteiger partial charge in [0.1, 0.15) is 0 Å². The number of carbonyl (C=O) groups excluding carboxylic acids is 3. The van der Waals surface area contributed by atoms with Crippen molar-refractivity contribution in [2.24, 2.45) is 0 Å². The monoisotopic (exact) mass is 376 g/mol. The standard InChI is InChI=1S/C22H16O6/c1-14(23)17-12-13-18(27-21(25)15-8-4-2-5-9-15)20(19(17)24)28-22(26)16-10-6-3-7-11-16/h2-13,24H,1H3. The van der Waals surface area contributed by atoms with Gasteiger partial charge in [-0.05, 0) is 43.3 Å². The van der Waals surface area contributed by atoms with E-state index in [4.69, 9.17) is 9.47 Å². The first-order chi connectivity index (χ1) is 13.5. The Hall–Kier alpha value is -3.93. The first kappa shape index (κ1) is 18.8. The van der Waals surface area contributed by atoms with Gasteiger partial charge in [-0.3, -0.25) is 4.79 Å². The number of Topliss-reactive ketones (excluding diaryl/α,β-unsaturated/α-hetero) is 1. The number of benzene rings is 3. The van der Waals surface area contributed by atoms with Crippen molar-refractivity contribution in [3.63, 3.8) is 0 Å². The Bertz CT molecular complexity index is 1030. The molecule has 1 N–H and O–H groups in total. The predicted molar refractivity (Wildman–Crippen MR) is 101 cm³/mol. The summed E-state index contributed by atoms with van der Waals surface area (Å²) in [4.78, 5) is 36.5. The lowest BCUT2D eigenvalue weighted by Crippen LogP contribution is -2.13. The second-order valence-corrected chi connectivity index (χ2v) is 5.86. The number of rotatable bonds is 5. The van der Waals surface area contributed by atoms with E-state index in [2.05, 4.69) is 0 Å². The topological polar surface area (TPSA) is 89.9 Å². The van der Waals surface area contributed by atoms with Crippen molar-refractivity contribution >= 4 is 17.7 Å². The minimum atomic E-state index is -0.770. The molecule has 3 rings (SSSR count). The van der Waals surface area contributed by atoms with Gasteiger partial charge in [-0.25, -0.2) is 9.59 Å². The molecule has 0 radical (unpaired) electrons. The van der Waals surface area contributed by atoms with E-state index < -0.39 is 29.2 Å². The van der Waals surface area contributed by atoms with Crippen LogP contribution < -0.4 is 9.47 Å². The summed E-state index contributed by atoms with van der Waals surface area (Å²) in [6, 6.07) is 18.9. The molecule has 0 aliphatic heterocycles. The fourth-order valence-electron chi connectivity index (χ4n) is 2.47. The van der Waals surface area contributed by atoms with Gasteiger partial charge in [0.2, 0.25) is 5.75 Å². The predicted octanol–water partition coefficient (Wildman–Crippen LogP) is 4.03. The summed E-state index contributed by atoms with van der Waals surface area (Å²) >= 11 is 0. The summed E-state index contributed by atoms with van der Waals surface area (Å²) in [5, 5.41) is 10.4. The molecular weight excluding hydrogens is 360 g/mol. The SMILES string of the molecule is CC(=O)c1ccc(OC(=O)c2ccccc2)c(OC(=O)c2ccccc2)c1O. The molecule has 0 aromatic heterocycles. The van der Waals surface area contributed by atoms with Crippen molar-refractivity contribution in [2.75, 3.05) is 0 Å². The van der Waals surface area contributed by atoms with Crippen LogP contribution in [0.1, 0.15) is 38.0 Å². The molecule has 140 valence electrons. The number of hydrogen-bond acceptors (Lipinski definition) is 6. The number of aromatic hydroxyl groups is 1. The van der Waals surface area contributed by atoms with Crippen molar-refractivity contribution < 1.29 is 29.0 Å². The summed E-state index contributed by atoms with van der Waals surface area (Å²) in [5.74, 6) is -3.06. The lowest BCUT2D eigenvalue weighted by molar-refractivity contribution is 0.0677. The van der Waals surface area contributed by atoms with Crippen molar-refractivity contribution in [1.29, 1.82) is 0 Å². The van der Waals surface area contributed by atoms with E-state index >= 15 is 0 Å². The normalized spacial score (nSPS) is 10.2. The van der Waals surface area contributed by atoms with Gasteiger partial charge in [0.05, 0.1) is 16.7 Å². The molecule has 3 aromatic rings. The molecule has 0 fully saturated rings. The third-order valence-electron chi connectivity index (χ3n) is 3.89. The summed E-state index contributed by atoms with van der Waals surface area (Å²) < 4.78 is 10.6. The van der Waals surface area contributed by atoms with Crippen LogP contribution in [0, 0.1) is 0 Å². The first-order valence-electron chi connectivity index (χ1n) is 8.38. The van der Waals surface area contributed by atoms with Crippen molar-refractivity contribution in [2.45, 2.75) is 6.92 Å². The zero-order valence-corrected chi connectivity index (χ0v) is 14.9. The van der Waals surface area contributed by atoms with E-state index in [-0.39, 0.29) is 22.4 Å². The van der Waals surface area contributed by atoms with Crippen LogP contribution in [0.15, 0.2) is 72.8 Å². The highest BCUT2D eigenvalue weighted by Gasteiger charge is 2.23. The molecule has 3 aromatic carbocycles. The maximum absolute atomic E-state index is 12.4. The van der Waals surface area contributed by atoms with Crippen molar-refractivity contribution in [3.05, 3.63) is 89.5 Å². The van der Waals surface area contributed by atoms with Crippen LogP contribution in [0.5, 0.6) is 17.2 Å². The molecule has 0 saturated heterocycles. The van der Waals surface area contributed by atoms with Crippen LogP contribution in [-0.2, 0) is 0 Å². The average Bonchev–Trinajstić information content (AvgIpc) is 2.71. The molecule has 6 nitrogen and oxygen atoms in total. The summed E-state index contributed by atoms with van der Waals surface area (Å²) in [6.07, 6.45) is 0. The van der Waals surface area contributed by atoms with Crippen LogP contribution in [0.4, 0.5) is 0 Å². The molecule has 0 bridgehead atoms. The average molecular weight is 376 g/mol. The highest BCUT2D eigenvalue weighted by atomic mass is 16.6. The first-order valence-corrected chi connectivity index (χ1v) is 8.38. The largest absolute Gasteiger partial charge is 0.504 e. The molecule has 0 amide bonds. The third kappa shape index (κ3) is 4.07. The van der Waals surface area contributed by atoms with Crippen LogP contribution in [0.3, 0.4) is 0 Å². The Balaban J connectivity index is 1.97. The summed E-state index contributed by atoms with van der Waals surface area (Å²) in [6.45, 7) is 1.26. The van der Waals surface area contributed by atoms with Gasteiger partial charge in [0, 0.05) is 0 Å². The van der Waals surface area contributed by atoms with Gasteiger partial charge in [0.15, 0.2) is 17.3 Å². The van der Waals surface area contributed by atoms with Crippen LogP contribution in [-0.4, -0.2) is 22.8 Å². The Morgan fingerprint density at radius 2 is 1.21 bits per heavy atom. The zero-order chi connectivity index (χ0) is 20.1. The number of phenolic OH excluding ortho intramolecular Hbond substituents is 1. The van der Waals surface area contributed by atoms with Gasteiger partial charge in [-0.15, -0.1) is 0 Å². The van der Waals surface area contributed by atoms with Crippen LogP contribution >= 0.6 is 0 Å².